The van der Waals surface area contributed by atoms with Crippen molar-refractivity contribution in [2.45, 2.75) is 46.4 Å². The maximum atomic E-state index is 11.0. The Morgan fingerprint density at radius 1 is 1.50 bits per heavy atom. The average molecular weight is 226 g/mol. The van der Waals surface area contributed by atoms with Crippen LogP contribution in [0.4, 0.5) is 0 Å². The van der Waals surface area contributed by atoms with Crippen LogP contribution in [0.15, 0.2) is 6.20 Å². The minimum Gasteiger partial charge on any atom is -0.477 e. The summed E-state index contributed by atoms with van der Waals surface area (Å²) in [6.07, 6.45) is 1.48. The van der Waals surface area contributed by atoms with E-state index < -0.39 is 5.97 Å². The lowest BCUT2D eigenvalue weighted by atomic mass is 10.3. The lowest BCUT2D eigenvalue weighted by Gasteiger charge is -2.14. The lowest BCUT2D eigenvalue weighted by molar-refractivity contribution is 0.0579. The highest BCUT2D eigenvalue weighted by molar-refractivity contribution is 5.85. The number of aromatic nitrogens is 2. The van der Waals surface area contributed by atoms with E-state index in [1.807, 2.05) is 27.7 Å². The van der Waals surface area contributed by atoms with Gasteiger partial charge >= 0.3 is 5.97 Å². The van der Waals surface area contributed by atoms with E-state index in [-0.39, 0.29) is 17.8 Å². The van der Waals surface area contributed by atoms with E-state index in [0.717, 1.165) is 0 Å². The Hall–Kier alpha value is -1.36. The molecule has 5 nitrogen and oxygen atoms in total. The SMILES string of the molecule is CC(C)OCc1ncc(C(=O)O)n1C(C)C. The normalized spacial score (nSPS) is 11.4. The van der Waals surface area contributed by atoms with Gasteiger partial charge in [-0.05, 0) is 27.7 Å². The van der Waals surface area contributed by atoms with Crippen molar-refractivity contribution in [2.24, 2.45) is 0 Å². The van der Waals surface area contributed by atoms with E-state index >= 15 is 0 Å². The molecule has 0 unspecified atom stereocenters. The number of carboxylic acid groups (broad SMARTS) is 1. The summed E-state index contributed by atoms with van der Waals surface area (Å²) < 4.78 is 7.12. The molecule has 16 heavy (non-hydrogen) atoms. The summed E-state index contributed by atoms with van der Waals surface area (Å²) in [7, 11) is 0. The topological polar surface area (TPSA) is 64.3 Å². The molecule has 90 valence electrons. The van der Waals surface area contributed by atoms with Gasteiger partial charge in [-0.25, -0.2) is 9.78 Å². The number of imidazole rings is 1. The van der Waals surface area contributed by atoms with Gasteiger partial charge < -0.3 is 14.4 Å². The minimum atomic E-state index is -0.961. The highest BCUT2D eigenvalue weighted by Crippen LogP contribution is 2.15. The molecular weight excluding hydrogens is 208 g/mol. The molecule has 0 fully saturated rings. The van der Waals surface area contributed by atoms with Crippen molar-refractivity contribution in [1.82, 2.24) is 9.55 Å². The third kappa shape index (κ3) is 2.82. The Morgan fingerprint density at radius 3 is 2.56 bits per heavy atom. The zero-order valence-electron chi connectivity index (χ0n) is 10.1. The van der Waals surface area contributed by atoms with Crippen LogP contribution in [-0.4, -0.2) is 26.7 Å². The maximum absolute atomic E-state index is 11.0. The third-order valence-corrected chi connectivity index (χ3v) is 2.15. The summed E-state index contributed by atoms with van der Waals surface area (Å²) in [4.78, 5) is 15.1. The first-order valence-corrected chi connectivity index (χ1v) is 5.34. The van der Waals surface area contributed by atoms with Crippen LogP contribution in [0, 0.1) is 0 Å². The summed E-state index contributed by atoms with van der Waals surface area (Å²) in [6, 6.07) is 0.0550. The van der Waals surface area contributed by atoms with Gasteiger partial charge in [0.25, 0.3) is 0 Å². The van der Waals surface area contributed by atoms with Gasteiger partial charge in [-0.2, -0.15) is 0 Å². The number of hydrogen-bond donors (Lipinski definition) is 1. The predicted octanol–water partition coefficient (Wildman–Crippen LogP) is 2.09. The first-order valence-electron chi connectivity index (χ1n) is 5.34. The third-order valence-electron chi connectivity index (χ3n) is 2.15. The van der Waals surface area contributed by atoms with Gasteiger partial charge in [0.2, 0.25) is 0 Å². The van der Waals surface area contributed by atoms with Crippen molar-refractivity contribution in [3.05, 3.63) is 17.7 Å². The zero-order valence-corrected chi connectivity index (χ0v) is 10.1. The summed E-state index contributed by atoms with van der Waals surface area (Å²) in [5, 5.41) is 9.00. The molecule has 1 aromatic heterocycles. The number of carbonyl (C=O) groups is 1. The Labute approximate surface area is 95.1 Å². The van der Waals surface area contributed by atoms with Crippen LogP contribution < -0.4 is 0 Å². The van der Waals surface area contributed by atoms with E-state index in [1.54, 1.807) is 4.57 Å². The van der Waals surface area contributed by atoms with Gasteiger partial charge in [0.1, 0.15) is 18.1 Å². The zero-order chi connectivity index (χ0) is 12.3. The highest BCUT2D eigenvalue weighted by atomic mass is 16.5. The largest absolute Gasteiger partial charge is 0.477 e. The number of hydrogen-bond acceptors (Lipinski definition) is 3. The van der Waals surface area contributed by atoms with Crippen molar-refractivity contribution in [1.29, 1.82) is 0 Å². The van der Waals surface area contributed by atoms with E-state index in [4.69, 9.17) is 9.84 Å². The molecular formula is C11H18N2O3. The van der Waals surface area contributed by atoms with Gasteiger partial charge in [-0.3, -0.25) is 0 Å². The molecule has 1 N–H and O–H groups in total. The van der Waals surface area contributed by atoms with E-state index in [0.29, 0.717) is 12.4 Å². The second-order valence-corrected chi connectivity index (χ2v) is 4.19. The highest BCUT2D eigenvalue weighted by Gasteiger charge is 2.17. The quantitative estimate of drug-likeness (QED) is 0.834. The number of carboxylic acids is 1. The maximum Gasteiger partial charge on any atom is 0.354 e. The second-order valence-electron chi connectivity index (χ2n) is 4.19. The molecule has 0 amide bonds. The van der Waals surface area contributed by atoms with Crippen LogP contribution in [0.25, 0.3) is 0 Å². The van der Waals surface area contributed by atoms with Crippen LogP contribution in [-0.2, 0) is 11.3 Å². The Bertz CT molecular complexity index is 369. The average Bonchev–Trinajstić information content (AvgIpc) is 2.57. The summed E-state index contributed by atoms with van der Waals surface area (Å²) in [5.41, 5.74) is 0.206. The summed E-state index contributed by atoms with van der Waals surface area (Å²) >= 11 is 0. The molecule has 0 aromatic carbocycles. The predicted molar refractivity (Wildman–Crippen MR) is 59.5 cm³/mol. The van der Waals surface area contributed by atoms with Gasteiger partial charge in [-0.1, -0.05) is 0 Å². The van der Waals surface area contributed by atoms with E-state index in [1.165, 1.54) is 6.20 Å². The number of ether oxygens (including phenoxy) is 1. The molecule has 0 bridgehead atoms. The number of rotatable bonds is 5. The Balaban J connectivity index is 2.96. The van der Waals surface area contributed by atoms with Crippen molar-refractivity contribution in [2.75, 3.05) is 0 Å². The molecule has 0 aliphatic heterocycles. The van der Waals surface area contributed by atoms with Crippen molar-refractivity contribution >= 4 is 5.97 Å². The first kappa shape index (κ1) is 12.7. The monoisotopic (exact) mass is 226 g/mol. The lowest BCUT2D eigenvalue weighted by Crippen LogP contribution is -2.15. The Kier molecular flexibility index (Phi) is 4.06. The first-order chi connectivity index (χ1) is 7.43. The van der Waals surface area contributed by atoms with Crippen LogP contribution >= 0.6 is 0 Å². The molecule has 0 spiro atoms. The Morgan fingerprint density at radius 2 is 2.12 bits per heavy atom. The standard InChI is InChI=1S/C11H18N2O3/c1-7(2)13-9(11(14)15)5-12-10(13)6-16-8(3)4/h5,7-8H,6H2,1-4H3,(H,14,15). The minimum absolute atomic E-state index is 0.0550. The molecule has 0 aliphatic rings. The fourth-order valence-corrected chi connectivity index (χ4v) is 1.48. The van der Waals surface area contributed by atoms with E-state index in [9.17, 15) is 4.79 Å². The molecule has 5 heteroatoms. The molecule has 1 heterocycles. The fourth-order valence-electron chi connectivity index (χ4n) is 1.48. The van der Waals surface area contributed by atoms with Crippen LogP contribution in [0.2, 0.25) is 0 Å². The van der Waals surface area contributed by atoms with Crippen molar-refractivity contribution in [3.8, 4) is 0 Å². The molecule has 0 radical (unpaired) electrons. The van der Waals surface area contributed by atoms with Crippen molar-refractivity contribution < 1.29 is 14.6 Å². The van der Waals surface area contributed by atoms with Gasteiger partial charge in [0, 0.05) is 6.04 Å². The smallest absolute Gasteiger partial charge is 0.354 e. The van der Waals surface area contributed by atoms with Gasteiger partial charge in [-0.15, -0.1) is 0 Å². The molecule has 0 aliphatic carbocycles. The molecule has 1 aromatic rings. The van der Waals surface area contributed by atoms with E-state index in [2.05, 4.69) is 4.98 Å². The van der Waals surface area contributed by atoms with Crippen molar-refractivity contribution in [3.63, 3.8) is 0 Å². The van der Waals surface area contributed by atoms with Crippen LogP contribution in [0.3, 0.4) is 0 Å². The van der Waals surface area contributed by atoms with Crippen LogP contribution in [0.5, 0.6) is 0 Å². The molecule has 0 saturated carbocycles. The van der Waals surface area contributed by atoms with Gasteiger partial charge in [0.15, 0.2) is 0 Å². The second kappa shape index (κ2) is 5.12. The van der Waals surface area contributed by atoms with Crippen LogP contribution in [0.1, 0.15) is 50.0 Å². The summed E-state index contributed by atoms with van der Waals surface area (Å²) in [5.74, 6) is -0.307. The fraction of sp³-hybridized carbons (Fsp3) is 0.636. The van der Waals surface area contributed by atoms with Gasteiger partial charge in [0.05, 0.1) is 12.3 Å². The molecule has 0 atom stereocenters. The molecule has 1 rings (SSSR count). The number of nitrogens with zero attached hydrogens (tertiary/aromatic N) is 2. The summed E-state index contributed by atoms with van der Waals surface area (Å²) in [6.45, 7) is 8.05. The number of aromatic carboxylic acids is 1. The molecule has 0 saturated heterocycles.